The fourth-order valence-electron chi connectivity index (χ4n) is 3.64. The number of aromatic nitrogens is 3. The molecule has 1 aliphatic heterocycles. The van der Waals surface area contributed by atoms with Crippen LogP contribution in [0.2, 0.25) is 0 Å². The summed E-state index contributed by atoms with van der Waals surface area (Å²) < 4.78 is 2.00. The Bertz CT molecular complexity index is 843. The first kappa shape index (κ1) is 15.7. The lowest BCUT2D eigenvalue weighted by Gasteiger charge is -2.31. The zero-order valence-electron chi connectivity index (χ0n) is 14.4. The van der Waals surface area contributed by atoms with Gasteiger partial charge in [-0.2, -0.15) is 0 Å². The molecule has 0 saturated carbocycles. The van der Waals surface area contributed by atoms with Gasteiger partial charge in [-0.25, -0.2) is 4.98 Å². The normalized spacial score (nSPS) is 15.5. The smallest absolute Gasteiger partial charge is 0.270 e. The maximum Gasteiger partial charge on any atom is 0.270 e. The van der Waals surface area contributed by atoms with Gasteiger partial charge in [0.1, 0.15) is 11.5 Å². The van der Waals surface area contributed by atoms with Gasteiger partial charge in [-0.05, 0) is 30.5 Å². The van der Waals surface area contributed by atoms with Gasteiger partial charge in [0.2, 0.25) is 0 Å². The molecule has 3 heterocycles. The van der Waals surface area contributed by atoms with Crippen LogP contribution < -0.4 is 0 Å². The highest BCUT2D eigenvalue weighted by Crippen LogP contribution is 2.27. The second kappa shape index (κ2) is 6.59. The number of likely N-dealkylation sites (tertiary alicyclic amines) is 1. The van der Waals surface area contributed by atoms with Crippen molar-refractivity contribution in [1.82, 2.24) is 19.4 Å². The van der Waals surface area contributed by atoms with Crippen molar-refractivity contribution in [2.45, 2.75) is 18.8 Å². The Morgan fingerprint density at radius 1 is 1.12 bits per heavy atom. The first-order valence-electron chi connectivity index (χ1n) is 8.73. The molecule has 1 aromatic carbocycles. The number of benzene rings is 1. The van der Waals surface area contributed by atoms with E-state index in [4.69, 9.17) is 0 Å². The molecule has 3 aromatic rings. The summed E-state index contributed by atoms with van der Waals surface area (Å²) in [6.45, 7) is 1.55. The molecule has 25 heavy (non-hydrogen) atoms. The summed E-state index contributed by atoms with van der Waals surface area (Å²) in [7, 11) is 1.96. The number of nitrogens with zero attached hydrogens (tertiary/aromatic N) is 3. The minimum Gasteiger partial charge on any atom is -0.348 e. The maximum atomic E-state index is 12.9. The highest BCUT2D eigenvalue weighted by Gasteiger charge is 2.27. The number of nitrogens with one attached hydrogen (secondary N) is 1. The van der Waals surface area contributed by atoms with Crippen molar-refractivity contribution < 1.29 is 4.79 Å². The van der Waals surface area contributed by atoms with Gasteiger partial charge in [-0.3, -0.25) is 4.79 Å². The number of aromatic amines is 1. The number of carbonyl (C=O) groups is 1. The zero-order valence-corrected chi connectivity index (χ0v) is 14.4. The summed E-state index contributed by atoms with van der Waals surface area (Å²) in [4.78, 5) is 22.5. The fraction of sp³-hybridized carbons (Fsp3) is 0.300. The molecule has 1 fully saturated rings. The van der Waals surface area contributed by atoms with E-state index in [0.29, 0.717) is 5.92 Å². The number of imidazole rings is 1. The molecular weight excluding hydrogens is 312 g/mol. The van der Waals surface area contributed by atoms with Crippen LogP contribution in [0.3, 0.4) is 0 Å². The molecule has 128 valence electrons. The minimum absolute atomic E-state index is 0.113. The van der Waals surface area contributed by atoms with Gasteiger partial charge in [-0.15, -0.1) is 0 Å². The van der Waals surface area contributed by atoms with Crippen molar-refractivity contribution in [3.8, 4) is 11.3 Å². The Morgan fingerprint density at radius 2 is 1.88 bits per heavy atom. The summed E-state index contributed by atoms with van der Waals surface area (Å²) in [5, 5.41) is 0. The van der Waals surface area contributed by atoms with Crippen LogP contribution >= 0.6 is 0 Å². The topological polar surface area (TPSA) is 53.9 Å². The van der Waals surface area contributed by atoms with Gasteiger partial charge in [0.15, 0.2) is 0 Å². The SMILES string of the molecule is Cn1c(C(=O)N2CCC(c3ncc[nH]3)CC2)ccc1-c1ccccc1. The third-order valence-corrected chi connectivity index (χ3v) is 5.10. The first-order chi connectivity index (χ1) is 12.2. The third kappa shape index (κ3) is 2.97. The molecule has 4 rings (SSSR count). The molecule has 0 radical (unpaired) electrons. The summed E-state index contributed by atoms with van der Waals surface area (Å²) in [5.41, 5.74) is 2.94. The van der Waals surface area contributed by atoms with Crippen molar-refractivity contribution in [3.63, 3.8) is 0 Å². The van der Waals surface area contributed by atoms with Crippen molar-refractivity contribution in [3.05, 3.63) is 66.4 Å². The number of hydrogen-bond acceptors (Lipinski definition) is 2. The van der Waals surface area contributed by atoms with E-state index in [0.717, 1.165) is 48.7 Å². The van der Waals surface area contributed by atoms with E-state index in [1.54, 1.807) is 6.20 Å². The van der Waals surface area contributed by atoms with Gasteiger partial charge < -0.3 is 14.5 Å². The summed E-state index contributed by atoms with van der Waals surface area (Å²) in [5.74, 6) is 1.58. The molecule has 1 amide bonds. The molecule has 0 atom stereocenters. The van der Waals surface area contributed by atoms with Crippen molar-refractivity contribution in [1.29, 1.82) is 0 Å². The molecule has 0 spiro atoms. The van der Waals surface area contributed by atoms with Crippen LogP contribution in [0.4, 0.5) is 0 Å². The van der Waals surface area contributed by atoms with Crippen LogP contribution in [-0.2, 0) is 7.05 Å². The molecule has 0 unspecified atom stereocenters. The van der Waals surface area contributed by atoms with E-state index in [2.05, 4.69) is 22.1 Å². The standard InChI is InChI=1S/C20H22N4O/c1-23-17(15-5-3-2-4-6-15)7-8-18(23)20(25)24-13-9-16(10-14-24)19-21-11-12-22-19/h2-8,11-12,16H,9-10,13-14H2,1H3,(H,21,22). The molecule has 0 aliphatic carbocycles. The minimum atomic E-state index is 0.113. The lowest BCUT2D eigenvalue weighted by molar-refractivity contribution is 0.0702. The van der Waals surface area contributed by atoms with E-state index in [1.807, 2.05) is 53.0 Å². The number of hydrogen-bond donors (Lipinski definition) is 1. The molecular formula is C20H22N4O. The number of H-pyrrole nitrogens is 1. The Labute approximate surface area is 147 Å². The van der Waals surface area contributed by atoms with Gasteiger partial charge in [0, 0.05) is 44.1 Å². The maximum absolute atomic E-state index is 12.9. The van der Waals surface area contributed by atoms with Crippen molar-refractivity contribution >= 4 is 5.91 Å². The highest BCUT2D eigenvalue weighted by molar-refractivity contribution is 5.94. The number of carbonyl (C=O) groups excluding carboxylic acids is 1. The van der Waals surface area contributed by atoms with E-state index < -0.39 is 0 Å². The van der Waals surface area contributed by atoms with E-state index in [9.17, 15) is 4.79 Å². The molecule has 1 N–H and O–H groups in total. The Morgan fingerprint density at radius 3 is 2.56 bits per heavy atom. The van der Waals surface area contributed by atoms with Gasteiger partial charge in [0.05, 0.1) is 0 Å². The van der Waals surface area contributed by atoms with Gasteiger partial charge in [0.25, 0.3) is 5.91 Å². The van der Waals surface area contributed by atoms with E-state index in [1.165, 1.54) is 0 Å². The van der Waals surface area contributed by atoms with Crippen LogP contribution in [0.15, 0.2) is 54.9 Å². The summed E-state index contributed by atoms with van der Waals surface area (Å²) in [6, 6.07) is 14.1. The molecule has 1 aliphatic rings. The van der Waals surface area contributed by atoms with Gasteiger partial charge in [-0.1, -0.05) is 30.3 Å². The second-order valence-corrected chi connectivity index (χ2v) is 6.57. The number of rotatable bonds is 3. The number of piperidine rings is 1. The number of amides is 1. The predicted octanol–water partition coefficient (Wildman–Crippen LogP) is 3.44. The largest absolute Gasteiger partial charge is 0.348 e. The molecule has 2 aromatic heterocycles. The van der Waals surface area contributed by atoms with Crippen LogP contribution in [0.1, 0.15) is 35.1 Å². The molecule has 5 nitrogen and oxygen atoms in total. The summed E-state index contributed by atoms with van der Waals surface area (Å²) >= 11 is 0. The molecule has 5 heteroatoms. The molecule has 1 saturated heterocycles. The lowest BCUT2D eigenvalue weighted by Crippen LogP contribution is -2.38. The Balaban J connectivity index is 1.48. The van der Waals surface area contributed by atoms with E-state index in [-0.39, 0.29) is 5.91 Å². The average molecular weight is 334 g/mol. The van der Waals surface area contributed by atoms with Crippen LogP contribution in [-0.4, -0.2) is 38.4 Å². The Hall–Kier alpha value is -2.82. The monoisotopic (exact) mass is 334 g/mol. The lowest BCUT2D eigenvalue weighted by atomic mass is 9.96. The quantitative estimate of drug-likeness (QED) is 0.798. The average Bonchev–Trinajstić information content (AvgIpc) is 3.32. The van der Waals surface area contributed by atoms with E-state index >= 15 is 0 Å². The predicted molar refractivity (Wildman–Crippen MR) is 97.3 cm³/mol. The Kier molecular flexibility index (Phi) is 4.14. The van der Waals surface area contributed by atoms with Crippen LogP contribution in [0, 0.1) is 0 Å². The highest BCUT2D eigenvalue weighted by atomic mass is 16.2. The summed E-state index contributed by atoms with van der Waals surface area (Å²) in [6.07, 6.45) is 5.56. The zero-order chi connectivity index (χ0) is 17.2. The van der Waals surface area contributed by atoms with Crippen LogP contribution in [0.25, 0.3) is 11.3 Å². The van der Waals surface area contributed by atoms with Crippen molar-refractivity contribution in [2.24, 2.45) is 7.05 Å². The van der Waals surface area contributed by atoms with Gasteiger partial charge >= 0.3 is 0 Å². The second-order valence-electron chi connectivity index (χ2n) is 6.57. The fourth-order valence-corrected chi connectivity index (χ4v) is 3.64. The first-order valence-corrected chi connectivity index (χ1v) is 8.73. The molecule has 0 bridgehead atoms. The van der Waals surface area contributed by atoms with Crippen LogP contribution in [0.5, 0.6) is 0 Å². The third-order valence-electron chi connectivity index (χ3n) is 5.10. The van der Waals surface area contributed by atoms with Crippen molar-refractivity contribution in [2.75, 3.05) is 13.1 Å².